The third kappa shape index (κ3) is 1.54. The lowest BCUT2D eigenvalue weighted by molar-refractivity contribution is 0.226. The predicted octanol–water partition coefficient (Wildman–Crippen LogP) is 4.97. The molecule has 0 amide bonds. The summed E-state index contributed by atoms with van der Waals surface area (Å²) in [7, 11) is 0. The Balaban J connectivity index is 1.89. The van der Waals surface area contributed by atoms with Crippen LogP contribution in [0.4, 0.5) is 0 Å². The van der Waals surface area contributed by atoms with Crippen molar-refractivity contribution < 1.29 is 0 Å². The van der Waals surface area contributed by atoms with Gasteiger partial charge in [0.1, 0.15) is 0 Å². The number of aromatic nitrogens is 2. The summed E-state index contributed by atoms with van der Waals surface area (Å²) in [5, 5.41) is 9.83. The quantitative estimate of drug-likeness (QED) is 0.742. The molecule has 1 aromatic heterocycles. The maximum absolute atomic E-state index is 6.30. The van der Waals surface area contributed by atoms with E-state index in [4.69, 9.17) is 11.6 Å². The van der Waals surface area contributed by atoms with E-state index in [0.29, 0.717) is 5.92 Å². The normalized spacial score (nSPS) is 28.7. The van der Waals surface area contributed by atoms with Crippen LogP contribution >= 0.6 is 11.6 Å². The van der Waals surface area contributed by atoms with E-state index < -0.39 is 0 Å². The lowest BCUT2D eigenvalue weighted by Crippen LogP contribution is -2.32. The summed E-state index contributed by atoms with van der Waals surface area (Å²) in [5.74, 6) is 0.592. The molecule has 2 bridgehead atoms. The molecular formula is C18H19ClN2. The van der Waals surface area contributed by atoms with E-state index in [1.807, 2.05) is 24.3 Å². The van der Waals surface area contributed by atoms with Gasteiger partial charge >= 0.3 is 0 Å². The van der Waals surface area contributed by atoms with Crippen molar-refractivity contribution >= 4 is 11.6 Å². The van der Waals surface area contributed by atoms with Gasteiger partial charge in [-0.25, -0.2) is 0 Å². The Kier molecular flexibility index (Phi) is 2.57. The molecule has 1 aromatic carbocycles. The molecule has 0 spiro atoms. The third-order valence-corrected chi connectivity index (χ3v) is 6.43. The van der Waals surface area contributed by atoms with Crippen molar-refractivity contribution in [3.05, 3.63) is 46.6 Å². The van der Waals surface area contributed by atoms with Crippen molar-refractivity contribution in [3.63, 3.8) is 0 Å². The van der Waals surface area contributed by atoms with E-state index in [9.17, 15) is 0 Å². The molecule has 4 rings (SSSR count). The Morgan fingerprint density at radius 1 is 1.14 bits per heavy atom. The van der Waals surface area contributed by atoms with Crippen LogP contribution in [0.5, 0.6) is 0 Å². The summed E-state index contributed by atoms with van der Waals surface area (Å²) >= 11 is 6.30. The molecule has 2 aliphatic carbocycles. The van der Waals surface area contributed by atoms with Gasteiger partial charge in [0, 0.05) is 11.0 Å². The first kappa shape index (κ1) is 13.3. The van der Waals surface area contributed by atoms with Crippen molar-refractivity contribution in [3.8, 4) is 11.3 Å². The first-order chi connectivity index (χ1) is 9.95. The van der Waals surface area contributed by atoms with Gasteiger partial charge in [-0.2, -0.15) is 10.2 Å². The fourth-order valence-electron chi connectivity index (χ4n) is 4.37. The highest BCUT2D eigenvalue weighted by Gasteiger charge is 2.60. The number of rotatable bonds is 1. The molecule has 2 atom stereocenters. The minimum absolute atomic E-state index is 0.166. The van der Waals surface area contributed by atoms with E-state index in [2.05, 4.69) is 37.0 Å². The van der Waals surface area contributed by atoms with Gasteiger partial charge in [0.05, 0.1) is 16.4 Å². The topological polar surface area (TPSA) is 25.8 Å². The molecular weight excluding hydrogens is 280 g/mol. The maximum atomic E-state index is 6.30. The van der Waals surface area contributed by atoms with Crippen molar-refractivity contribution in [2.24, 2.45) is 5.41 Å². The zero-order chi connectivity index (χ0) is 14.8. The van der Waals surface area contributed by atoms with E-state index >= 15 is 0 Å². The second kappa shape index (κ2) is 4.07. The molecule has 0 radical (unpaired) electrons. The van der Waals surface area contributed by atoms with Gasteiger partial charge < -0.3 is 0 Å². The Morgan fingerprint density at radius 3 is 2.67 bits per heavy atom. The van der Waals surface area contributed by atoms with Crippen LogP contribution in [-0.2, 0) is 5.41 Å². The summed E-state index contributed by atoms with van der Waals surface area (Å²) in [6.45, 7) is 7.10. The molecule has 2 nitrogen and oxygen atoms in total. The van der Waals surface area contributed by atoms with Gasteiger partial charge in [0.15, 0.2) is 0 Å². The van der Waals surface area contributed by atoms with E-state index in [1.54, 1.807) is 0 Å². The first-order valence-corrected chi connectivity index (χ1v) is 7.96. The Hall–Kier alpha value is -1.41. The predicted molar refractivity (Wildman–Crippen MR) is 85.6 cm³/mol. The fourth-order valence-corrected chi connectivity index (χ4v) is 4.60. The van der Waals surface area contributed by atoms with Crippen LogP contribution in [0.1, 0.15) is 50.8 Å². The number of halogens is 1. The van der Waals surface area contributed by atoms with Crippen LogP contribution in [0.3, 0.4) is 0 Å². The molecule has 1 heterocycles. The highest BCUT2D eigenvalue weighted by atomic mass is 35.5. The van der Waals surface area contributed by atoms with Crippen LogP contribution in [-0.4, -0.2) is 10.2 Å². The standard InChI is InChI=1S/C18H19ClN2/c1-17(2)13-8-9-18(17,3)16-12(13)10-15(20-21-16)11-6-4-5-7-14(11)19/h4-7,10,13H,8-9H2,1-3H3/t13-,18+/m1/s1. The average molecular weight is 299 g/mol. The molecule has 0 unspecified atom stereocenters. The molecule has 3 heteroatoms. The van der Waals surface area contributed by atoms with Gasteiger partial charge in [0.25, 0.3) is 0 Å². The largest absolute Gasteiger partial charge is 0.154 e. The molecule has 2 aromatic rings. The Labute approximate surface area is 130 Å². The lowest BCUT2D eigenvalue weighted by Gasteiger charge is -2.33. The first-order valence-electron chi connectivity index (χ1n) is 7.58. The smallest absolute Gasteiger partial charge is 0.0947 e. The molecule has 0 aliphatic heterocycles. The van der Waals surface area contributed by atoms with Crippen LogP contribution in [0, 0.1) is 5.41 Å². The SMILES string of the molecule is CC1(C)[C@@H]2CC[C@@]1(C)c1nnc(-c3ccccc3Cl)cc12. The molecule has 1 saturated carbocycles. The highest BCUT2D eigenvalue weighted by molar-refractivity contribution is 6.33. The van der Waals surface area contributed by atoms with Crippen molar-refractivity contribution in [1.29, 1.82) is 0 Å². The van der Waals surface area contributed by atoms with Gasteiger partial charge in [0.2, 0.25) is 0 Å². The number of hydrogen-bond donors (Lipinski definition) is 0. The molecule has 21 heavy (non-hydrogen) atoms. The minimum Gasteiger partial charge on any atom is -0.154 e. The average Bonchev–Trinajstić information content (AvgIpc) is 2.79. The Bertz CT molecular complexity index is 738. The van der Waals surface area contributed by atoms with Crippen molar-refractivity contribution in [2.45, 2.75) is 44.9 Å². The second-order valence-corrected chi connectivity index (χ2v) is 7.57. The van der Waals surface area contributed by atoms with Crippen molar-refractivity contribution in [1.82, 2.24) is 10.2 Å². The zero-order valence-corrected chi connectivity index (χ0v) is 13.4. The number of fused-ring (bicyclic) bond motifs is 5. The summed E-state index contributed by atoms with van der Waals surface area (Å²) in [5.41, 5.74) is 4.90. The molecule has 2 aliphatic rings. The number of nitrogens with zero attached hydrogens (tertiary/aromatic N) is 2. The molecule has 108 valence electrons. The van der Waals surface area contributed by atoms with E-state index in [1.165, 1.54) is 24.1 Å². The zero-order valence-electron chi connectivity index (χ0n) is 12.7. The van der Waals surface area contributed by atoms with E-state index in [-0.39, 0.29) is 10.8 Å². The van der Waals surface area contributed by atoms with Crippen molar-refractivity contribution in [2.75, 3.05) is 0 Å². The summed E-state index contributed by atoms with van der Waals surface area (Å²) in [4.78, 5) is 0. The van der Waals surface area contributed by atoms with Crippen LogP contribution in [0.25, 0.3) is 11.3 Å². The van der Waals surface area contributed by atoms with E-state index in [0.717, 1.165) is 16.3 Å². The van der Waals surface area contributed by atoms with Crippen LogP contribution in [0.15, 0.2) is 30.3 Å². The molecule has 1 fully saturated rings. The van der Waals surface area contributed by atoms with Gasteiger partial charge in [-0.3, -0.25) is 0 Å². The monoisotopic (exact) mass is 298 g/mol. The number of benzene rings is 1. The second-order valence-electron chi connectivity index (χ2n) is 7.16. The number of hydrogen-bond acceptors (Lipinski definition) is 2. The van der Waals surface area contributed by atoms with Gasteiger partial charge in [-0.05, 0) is 41.9 Å². The van der Waals surface area contributed by atoms with Gasteiger partial charge in [-0.15, -0.1) is 0 Å². The third-order valence-electron chi connectivity index (χ3n) is 6.10. The summed E-state index contributed by atoms with van der Waals surface area (Å²) < 4.78 is 0. The minimum atomic E-state index is 0.166. The summed E-state index contributed by atoms with van der Waals surface area (Å²) in [6, 6.07) is 10.1. The highest BCUT2D eigenvalue weighted by Crippen LogP contribution is 2.67. The summed E-state index contributed by atoms with van der Waals surface area (Å²) in [6.07, 6.45) is 2.47. The Morgan fingerprint density at radius 2 is 1.90 bits per heavy atom. The molecule has 0 saturated heterocycles. The van der Waals surface area contributed by atoms with Crippen LogP contribution < -0.4 is 0 Å². The lowest BCUT2D eigenvalue weighted by atomic mass is 9.70. The van der Waals surface area contributed by atoms with Gasteiger partial charge in [-0.1, -0.05) is 50.6 Å². The maximum Gasteiger partial charge on any atom is 0.0947 e. The molecule has 0 N–H and O–H groups in total. The van der Waals surface area contributed by atoms with Crippen LogP contribution in [0.2, 0.25) is 5.02 Å². The fraction of sp³-hybridized carbons (Fsp3) is 0.444.